The van der Waals surface area contributed by atoms with Gasteiger partial charge in [-0.05, 0) is 30.7 Å². The second-order valence-electron chi connectivity index (χ2n) is 3.41. The minimum atomic E-state index is -0.877. The number of carbonyl (C=O) groups is 1. The molecule has 1 unspecified atom stereocenters. The molecule has 0 bridgehead atoms. The highest BCUT2D eigenvalue weighted by Gasteiger charge is 2.13. The predicted octanol–water partition coefficient (Wildman–Crippen LogP) is 1.86. The minimum Gasteiger partial charge on any atom is -0.480 e. The largest absolute Gasteiger partial charge is 0.480 e. The van der Waals surface area contributed by atoms with Crippen molar-refractivity contribution in [3.05, 3.63) is 24.3 Å². The lowest BCUT2D eigenvalue weighted by Crippen LogP contribution is -2.28. The van der Waals surface area contributed by atoms with E-state index in [1.807, 2.05) is 6.07 Å². The van der Waals surface area contributed by atoms with Gasteiger partial charge in [0.2, 0.25) is 0 Å². The smallest absolute Gasteiger partial charge is 0.326 e. The number of anilines is 1. The molecular formula is C12H14N2O3. The van der Waals surface area contributed by atoms with Crippen molar-refractivity contribution in [3.8, 4) is 11.8 Å². The van der Waals surface area contributed by atoms with Crippen molar-refractivity contribution in [3.63, 3.8) is 0 Å². The fourth-order valence-electron chi connectivity index (χ4n) is 1.30. The van der Waals surface area contributed by atoms with Gasteiger partial charge in [0.15, 0.2) is 6.61 Å². The first kappa shape index (κ1) is 12.8. The van der Waals surface area contributed by atoms with Gasteiger partial charge in [0.25, 0.3) is 0 Å². The summed E-state index contributed by atoms with van der Waals surface area (Å²) in [7, 11) is 0. The Labute approximate surface area is 99.6 Å². The van der Waals surface area contributed by atoms with Crippen LogP contribution in [0.4, 0.5) is 5.69 Å². The lowest BCUT2D eigenvalue weighted by molar-refractivity contribution is -0.137. The first-order chi connectivity index (χ1) is 8.17. The van der Waals surface area contributed by atoms with Crippen LogP contribution in [0.3, 0.4) is 0 Å². The summed E-state index contributed by atoms with van der Waals surface area (Å²) in [5.74, 6) is -0.294. The van der Waals surface area contributed by atoms with Crippen LogP contribution in [0.5, 0.6) is 5.75 Å². The standard InChI is InChI=1S/C12H14N2O3/c1-2-11(12(15)16)14-9-3-5-10(6-4-9)17-8-7-13/h3-6,11,14H,2,8H2,1H3,(H,15,16). The van der Waals surface area contributed by atoms with E-state index in [2.05, 4.69) is 5.32 Å². The highest BCUT2D eigenvalue weighted by molar-refractivity contribution is 5.77. The third-order valence-electron chi connectivity index (χ3n) is 2.20. The molecule has 17 heavy (non-hydrogen) atoms. The third kappa shape index (κ3) is 4.03. The zero-order valence-electron chi connectivity index (χ0n) is 9.51. The molecule has 0 aliphatic rings. The van der Waals surface area contributed by atoms with Crippen molar-refractivity contribution in [2.24, 2.45) is 0 Å². The van der Waals surface area contributed by atoms with Crippen LogP contribution >= 0.6 is 0 Å². The molecule has 0 fully saturated rings. The molecular weight excluding hydrogens is 220 g/mol. The summed E-state index contributed by atoms with van der Waals surface area (Å²) in [5, 5.41) is 20.1. The van der Waals surface area contributed by atoms with Gasteiger partial charge in [0.05, 0.1) is 0 Å². The number of benzene rings is 1. The number of carboxylic acids is 1. The molecule has 0 aromatic heterocycles. The number of hydrogen-bond acceptors (Lipinski definition) is 4. The molecule has 0 saturated heterocycles. The fourth-order valence-corrected chi connectivity index (χ4v) is 1.30. The van der Waals surface area contributed by atoms with Crippen molar-refractivity contribution in [2.45, 2.75) is 19.4 Å². The van der Waals surface area contributed by atoms with E-state index >= 15 is 0 Å². The normalized spacial score (nSPS) is 11.3. The van der Waals surface area contributed by atoms with Crippen LogP contribution in [-0.2, 0) is 4.79 Å². The maximum Gasteiger partial charge on any atom is 0.326 e. The molecule has 1 aromatic rings. The monoisotopic (exact) mass is 234 g/mol. The highest BCUT2D eigenvalue weighted by Crippen LogP contribution is 2.16. The van der Waals surface area contributed by atoms with Crippen LogP contribution in [0.2, 0.25) is 0 Å². The molecule has 5 heteroatoms. The first-order valence-corrected chi connectivity index (χ1v) is 5.26. The average Bonchev–Trinajstić information content (AvgIpc) is 2.34. The molecule has 90 valence electrons. The number of nitrogens with one attached hydrogen (secondary N) is 1. The van der Waals surface area contributed by atoms with E-state index in [9.17, 15) is 4.79 Å². The quantitative estimate of drug-likeness (QED) is 0.785. The Morgan fingerprint density at radius 2 is 2.18 bits per heavy atom. The maximum atomic E-state index is 10.8. The molecule has 5 nitrogen and oxygen atoms in total. The summed E-state index contributed by atoms with van der Waals surface area (Å²) >= 11 is 0. The molecule has 1 atom stereocenters. The van der Waals surface area contributed by atoms with Gasteiger partial charge >= 0.3 is 5.97 Å². The van der Waals surface area contributed by atoms with Gasteiger partial charge in [-0.15, -0.1) is 0 Å². The Bertz CT molecular complexity index is 409. The lowest BCUT2D eigenvalue weighted by Gasteiger charge is -2.13. The molecule has 2 N–H and O–H groups in total. The number of nitrogens with zero attached hydrogens (tertiary/aromatic N) is 1. The summed E-state index contributed by atoms with van der Waals surface area (Å²) in [6.45, 7) is 1.80. The minimum absolute atomic E-state index is 0.000510. The van der Waals surface area contributed by atoms with Gasteiger partial charge in [0, 0.05) is 5.69 Å². The molecule has 0 spiro atoms. The molecule has 0 saturated carbocycles. The molecule has 1 aromatic carbocycles. The van der Waals surface area contributed by atoms with Gasteiger partial charge in [-0.25, -0.2) is 4.79 Å². The van der Waals surface area contributed by atoms with Gasteiger partial charge < -0.3 is 15.2 Å². The van der Waals surface area contributed by atoms with Crippen molar-refractivity contribution in [2.75, 3.05) is 11.9 Å². The Morgan fingerprint density at radius 1 is 1.53 bits per heavy atom. The summed E-state index contributed by atoms with van der Waals surface area (Å²) in [6, 6.07) is 8.09. The third-order valence-corrected chi connectivity index (χ3v) is 2.20. The summed E-state index contributed by atoms with van der Waals surface area (Å²) < 4.78 is 5.08. The number of nitriles is 1. The Hall–Kier alpha value is -2.22. The maximum absolute atomic E-state index is 10.8. The second kappa shape index (κ2) is 6.38. The number of carboxylic acid groups (broad SMARTS) is 1. The average molecular weight is 234 g/mol. The van der Waals surface area contributed by atoms with Crippen LogP contribution in [0.15, 0.2) is 24.3 Å². The Morgan fingerprint density at radius 3 is 2.65 bits per heavy atom. The van der Waals surface area contributed by atoms with Crippen molar-refractivity contribution < 1.29 is 14.6 Å². The SMILES string of the molecule is CCC(Nc1ccc(OCC#N)cc1)C(=O)O. The molecule has 0 aliphatic heterocycles. The van der Waals surface area contributed by atoms with Crippen molar-refractivity contribution in [1.82, 2.24) is 0 Å². The van der Waals surface area contributed by atoms with Gasteiger partial charge in [-0.3, -0.25) is 0 Å². The van der Waals surface area contributed by atoms with E-state index in [0.717, 1.165) is 0 Å². The van der Waals surface area contributed by atoms with E-state index in [1.54, 1.807) is 31.2 Å². The summed E-state index contributed by atoms with van der Waals surface area (Å²) in [5.41, 5.74) is 0.712. The molecule has 0 heterocycles. The molecule has 0 radical (unpaired) electrons. The number of aliphatic carboxylic acids is 1. The number of hydrogen-bond donors (Lipinski definition) is 2. The van der Waals surface area contributed by atoms with E-state index < -0.39 is 12.0 Å². The number of ether oxygens (including phenoxy) is 1. The predicted molar refractivity (Wildman–Crippen MR) is 62.9 cm³/mol. The van der Waals surface area contributed by atoms with E-state index in [1.165, 1.54) is 0 Å². The van der Waals surface area contributed by atoms with Crippen LogP contribution in [0.25, 0.3) is 0 Å². The zero-order valence-corrected chi connectivity index (χ0v) is 9.51. The van der Waals surface area contributed by atoms with E-state index in [4.69, 9.17) is 15.1 Å². The Balaban J connectivity index is 2.61. The van der Waals surface area contributed by atoms with Crippen LogP contribution in [0, 0.1) is 11.3 Å². The summed E-state index contributed by atoms with van der Waals surface area (Å²) in [4.78, 5) is 10.8. The first-order valence-electron chi connectivity index (χ1n) is 5.26. The van der Waals surface area contributed by atoms with E-state index in [-0.39, 0.29) is 6.61 Å². The molecule has 0 amide bonds. The van der Waals surface area contributed by atoms with Gasteiger partial charge in [-0.1, -0.05) is 6.92 Å². The van der Waals surface area contributed by atoms with Gasteiger partial charge in [0.1, 0.15) is 17.9 Å². The van der Waals surface area contributed by atoms with E-state index in [0.29, 0.717) is 17.9 Å². The van der Waals surface area contributed by atoms with Crippen LogP contribution in [0.1, 0.15) is 13.3 Å². The highest BCUT2D eigenvalue weighted by atomic mass is 16.5. The van der Waals surface area contributed by atoms with Crippen LogP contribution < -0.4 is 10.1 Å². The van der Waals surface area contributed by atoms with Gasteiger partial charge in [-0.2, -0.15) is 5.26 Å². The molecule has 1 rings (SSSR count). The topological polar surface area (TPSA) is 82.3 Å². The second-order valence-corrected chi connectivity index (χ2v) is 3.41. The summed E-state index contributed by atoms with van der Waals surface area (Å²) in [6.07, 6.45) is 0.502. The zero-order chi connectivity index (χ0) is 12.7. The van der Waals surface area contributed by atoms with Crippen molar-refractivity contribution in [1.29, 1.82) is 5.26 Å². The fraction of sp³-hybridized carbons (Fsp3) is 0.333. The molecule has 0 aliphatic carbocycles. The Kier molecular flexibility index (Phi) is 4.82. The number of rotatable bonds is 6. The lowest BCUT2D eigenvalue weighted by atomic mass is 10.2. The van der Waals surface area contributed by atoms with Crippen LogP contribution in [-0.4, -0.2) is 23.7 Å². The van der Waals surface area contributed by atoms with Crippen molar-refractivity contribution >= 4 is 11.7 Å².